The van der Waals surface area contributed by atoms with Gasteiger partial charge in [-0.05, 0) is 56.6 Å². The van der Waals surface area contributed by atoms with Gasteiger partial charge in [-0.1, -0.05) is 39.0 Å². The second-order valence-corrected chi connectivity index (χ2v) is 13.1. The van der Waals surface area contributed by atoms with Gasteiger partial charge < -0.3 is 19.3 Å². The van der Waals surface area contributed by atoms with Crippen molar-refractivity contribution in [2.75, 3.05) is 19.9 Å². The van der Waals surface area contributed by atoms with E-state index in [-0.39, 0.29) is 46.1 Å². The maximum atomic E-state index is 10.3. The third-order valence-electron chi connectivity index (χ3n) is 11.6. The van der Waals surface area contributed by atoms with E-state index < -0.39 is 0 Å². The Kier molecular flexibility index (Phi) is 4.16. The average molecular weight is 466 g/mol. The molecule has 0 amide bonds. The highest BCUT2D eigenvalue weighted by Crippen LogP contribution is 2.78. The van der Waals surface area contributed by atoms with Crippen LogP contribution >= 0.6 is 0 Å². The van der Waals surface area contributed by atoms with Crippen LogP contribution in [0.5, 0.6) is 5.75 Å². The van der Waals surface area contributed by atoms with Gasteiger partial charge >= 0.3 is 0 Å². The minimum atomic E-state index is -0.354. The number of fused-ring (bicyclic) bond motifs is 1. The second kappa shape index (κ2) is 6.47. The van der Waals surface area contributed by atoms with Gasteiger partial charge in [0.05, 0.1) is 12.2 Å². The third kappa shape index (κ3) is 2.11. The number of hydrogen-bond donors (Lipinski definition) is 1. The van der Waals surface area contributed by atoms with Crippen LogP contribution in [0.4, 0.5) is 0 Å². The molecule has 184 valence electrons. The SMILES string of the molecule is C=CCN1CC[C@]23c4c5ccc(CO)c4O[C@H]2[C@@]24CC[C@@]3(C[C@@H]2[C@@](C)(C(C)(C)C)OCO4)[C@H]1C5. The summed E-state index contributed by atoms with van der Waals surface area (Å²) in [6.45, 7) is 15.7. The summed E-state index contributed by atoms with van der Waals surface area (Å²) in [6.07, 6.45) is 7.50. The van der Waals surface area contributed by atoms with Gasteiger partial charge in [0.25, 0.3) is 0 Å². The summed E-state index contributed by atoms with van der Waals surface area (Å²) in [5.41, 5.74) is 3.18. The van der Waals surface area contributed by atoms with E-state index in [4.69, 9.17) is 14.2 Å². The molecule has 3 saturated carbocycles. The average Bonchev–Trinajstić information content (AvgIpc) is 3.17. The van der Waals surface area contributed by atoms with Crippen LogP contribution in [-0.2, 0) is 27.9 Å². The molecular formula is C29H39NO4. The summed E-state index contributed by atoms with van der Waals surface area (Å²) in [5.74, 6) is 1.24. The van der Waals surface area contributed by atoms with E-state index in [1.54, 1.807) is 0 Å². The number of ether oxygens (including phenoxy) is 3. The number of rotatable bonds is 3. The Hall–Kier alpha value is -1.40. The summed E-state index contributed by atoms with van der Waals surface area (Å²) in [6, 6.07) is 4.83. The smallest absolute Gasteiger partial charge is 0.148 e. The Bertz CT molecular complexity index is 1080. The van der Waals surface area contributed by atoms with E-state index >= 15 is 0 Å². The molecule has 4 bridgehead atoms. The molecule has 0 unspecified atom stereocenters. The van der Waals surface area contributed by atoms with Crippen LogP contribution in [0.25, 0.3) is 0 Å². The molecule has 5 fully saturated rings. The van der Waals surface area contributed by atoms with E-state index in [1.807, 2.05) is 0 Å². The zero-order valence-corrected chi connectivity index (χ0v) is 21.2. The van der Waals surface area contributed by atoms with Crippen LogP contribution in [-0.4, -0.2) is 53.2 Å². The van der Waals surface area contributed by atoms with Gasteiger partial charge in [0.1, 0.15) is 24.2 Å². The molecule has 7 atom stereocenters. The third-order valence-corrected chi connectivity index (χ3v) is 11.6. The van der Waals surface area contributed by atoms with Crippen LogP contribution in [0.1, 0.15) is 70.1 Å². The van der Waals surface area contributed by atoms with Crippen LogP contribution in [0.2, 0.25) is 0 Å². The van der Waals surface area contributed by atoms with E-state index in [0.717, 1.165) is 50.1 Å². The van der Waals surface area contributed by atoms with Crippen molar-refractivity contribution in [1.82, 2.24) is 4.90 Å². The number of aliphatic hydroxyl groups is 1. The van der Waals surface area contributed by atoms with Crippen molar-refractivity contribution in [3.05, 3.63) is 41.5 Å². The van der Waals surface area contributed by atoms with Gasteiger partial charge in [0.2, 0.25) is 0 Å². The first kappa shape index (κ1) is 21.8. The Morgan fingerprint density at radius 3 is 2.76 bits per heavy atom. The van der Waals surface area contributed by atoms with Crippen molar-refractivity contribution in [2.45, 2.75) is 95.2 Å². The lowest BCUT2D eigenvalue weighted by molar-refractivity contribution is -0.389. The van der Waals surface area contributed by atoms with E-state index in [2.05, 4.69) is 57.4 Å². The van der Waals surface area contributed by atoms with Gasteiger partial charge in [-0.15, -0.1) is 6.58 Å². The summed E-state index contributed by atoms with van der Waals surface area (Å²) < 4.78 is 20.5. The molecule has 34 heavy (non-hydrogen) atoms. The molecule has 8 rings (SSSR count). The van der Waals surface area contributed by atoms with Crippen LogP contribution in [0.15, 0.2) is 24.8 Å². The number of hydrogen-bond acceptors (Lipinski definition) is 5. The van der Waals surface area contributed by atoms with Gasteiger partial charge in [-0.3, -0.25) is 4.90 Å². The minimum absolute atomic E-state index is 0.0184. The standard InChI is InChI=1S/C29H39NO4/c1-6-12-30-13-11-28-22-18-7-8-19(16-31)23(22)34-24(28)29-10-9-27(28,21(30)14-18)15-20(29)26(5,25(2,3)4)32-17-33-29/h6-8,20-21,24,31H,1,9-17H2,2-5H3/t20-,21-,24-,26+,27-,28+,29-/m1/s1. The fourth-order valence-electron chi connectivity index (χ4n) is 9.77. The molecule has 0 radical (unpaired) electrons. The summed E-state index contributed by atoms with van der Waals surface area (Å²) >= 11 is 0. The summed E-state index contributed by atoms with van der Waals surface area (Å²) in [5, 5.41) is 10.3. The molecule has 3 spiro atoms. The first-order valence-electron chi connectivity index (χ1n) is 13.2. The predicted octanol–water partition coefficient (Wildman–Crippen LogP) is 4.34. The lowest BCUT2D eigenvalue weighted by Gasteiger charge is -2.76. The topological polar surface area (TPSA) is 51.2 Å². The highest BCUT2D eigenvalue weighted by molar-refractivity contribution is 5.61. The van der Waals surface area contributed by atoms with E-state index in [1.165, 1.54) is 17.5 Å². The quantitative estimate of drug-likeness (QED) is 0.673. The van der Waals surface area contributed by atoms with Gasteiger partial charge in [-0.25, -0.2) is 0 Å². The highest BCUT2D eigenvalue weighted by Gasteiger charge is 2.83. The van der Waals surface area contributed by atoms with Gasteiger partial charge in [0, 0.05) is 40.5 Å². The fraction of sp³-hybridized carbons (Fsp3) is 0.724. The van der Waals surface area contributed by atoms with Crippen LogP contribution in [0.3, 0.4) is 0 Å². The maximum absolute atomic E-state index is 10.3. The van der Waals surface area contributed by atoms with Gasteiger partial charge in [0.15, 0.2) is 0 Å². The zero-order valence-electron chi connectivity index (χ0n) is 21.2. The minimum Gasteiger partial charge on any atom is -0.486 e. The van der Waals surface area contributed by atoms with Crippen molar-refractivity contribution >= 4 is 0 Å². The Balaban J connectivity index is 1.51. The fourth-order valence-corrected chi connectivity index (χ4v) is 9.77. The van der Waals surface area contributed by atoms with Crippen molar-refractivity contribution < 1.29 is 19.3 Å². The summed E-state index contributed by atoms with van der Waals surface area (Å²) in [4.78, 5) is 2.70. The number of likely N-dealkylation sites (tertiary alicyclic amines) is 1. The van der Waals surface area contributed by atoms with E-state index in [9.17, 15) is 5.11 Å². The molecule has 5 heteroatoms. The second-order valence-electron chi connectivity index (χ2n) is 13.1. The monoisotopic (exact) mass is 465 g/mol. The number of piperidine rings is 1. The molecule has 1 aromatic rings. The number of benzene rings is 1. The van der Waals surface area contributed by atoms with Crippen molar-refractivity contribution in [3.8, 4) is 5.75 Å². The van der Waals surface area contributed by atoms with E-state index in [0.29, 0.717) is 12.8 Å². The first-order valence-corrected chi connectivity index (χ1v) is 13.2. The Labute approximate surface area is 203 Å². The van der Waals surface area contributed by atoms with Crippen molar-refractivity contribution in [3.63, 3.8) is 0 Å². The van der Waals surface area contributed by atoms with Crippen molar-refractivity contribution in [2.24, 2.45) is 16.7 Å². The molecular weight excluding hydrogens is 426 g/mol. The molecule has 5 nitrogen and oxygen atoms in total. The lowest BCUT2D eigenvalue weighted by Crippen LogP contribution is -2.84. The predicted molar refractivity (Wildman–Crippen MR) is 130 cm³/mol. The molecule has 7 aliphatic rings. The molecule has 1 aromatic carbocycles. The van der Waals surface area contributed by atoms with Crippen LogP contribution < -0.4 is 4.74 Å². The largest absolute Gasteiger partial charge is 0.486 e. The molecule has 3 heterocycles. The lowest BCUT2D eigenvalue weighted by atomic mass is 9.33. The normalized spacial score (nSPS) is 46.0. The Morgan fingerprint density at radius 1 is 1.21 bits per heavy atom. The van der Waals surface area contributed by atoms with Gasteiger partial charge in [-0.2, -0.15) is 0 Å². The Morgan fingerprint density at radius 2 is 2.03 bits per heavy atom. The highest BCUT2D eigenvalue weighted by atomic mass is 16.7. The molecule has 4 aliphatic carbocycles. The van der Waals surface area contributed by atoms with Crippen molar-refractivity contribution in [1.29, 1.82) is 0 Å². The molecule has 2 saturated heterocycles. The number of aliphatic hydroxyl groups excluding tert-OH is 1. The molecule has 1 N–H and O–H groups in total. The molecule has 0 aromatic heterocycles. The zero-order chi connectivity index (χ0) is 23.7. The number of nitrogens with zero attached hydrogens (tertiary/aromatic N) is 1. The maximum Gasteiger partial charge on any atom is 0.148 e. The summed E-state index contributed by atoms with van der Waals surface area (Å²) in [7, 11) is 0. The first-order chi connectivity index (χ1) is 16.2. The molecule has 3 aliphatic heterocycles. The van der Waals surface area contributed by atoms with Crippen LogP contribution in [0, 0.1) is 16.7 Å².